The number of benzene rings is 1. The SMILES string of the molecule is CCS(=O)(=O)CCCC(=O)OC[C@@H]1C[C@@H]2c3cc(OC)c(OC)cc3CCN2C[C@H]1CC(C)C. The van der Waals surface area contributed by atoms with Gasteiger partial charge in [-0.05, 0) is 66.7 Å². The lowest BCUT2D eigenvalue weighted by Crippen LogP contribution is -2.47. The van der Waals surface area contributed by atoms with E-state index in [9.17, 15) is 13.2 Å². The molecule has 1 fully saturated rings. The molecule has 2 heterocycles. The highest BCUT2D eigenvalue weighted by molar-refractivity contribution is 7.91. The third kappa shape index (κ3) is 6.66. The molecule has 1 saturated heterocycles. The van der Waals surface area contributed by atoms with Gasteiger partial charge in [-0.3, -0.25) is 9.69 Å². The van der Waals surface area contributed by atoms with Gasteiger partial charge in [0.05, 0.1) is 26.6 Å². The molecule has 2 aliphatic rings. The number of nitrogens with zero attached hydrogens (tertiary/aromatic N) is 1. The zero-order chi connectivity index (χ0) is 24.9. The zero-order valence-corrected chi connectivity index (χ0v) is 22.2. The van der Waals surface area contributed by atoms with Gasteiger partial charge in [0.15, 0.2) is 11.5 Å². The number of fused-ring (bicyclic) bond motifs is 3. The van der Waals surface area contributed by atoms with Crippen molar-refractivity contribution in [3.63, 3.8) is 0 Å². The fourth-order valence-electron chi connectivity index (χ4n) is 5.43. The molecule has 0 N–H and O–H groups in total. The standard InChI is InChI=1S/C26H41NO6S/c1-6-34(29,30)11-7-8-26(28)33-17-21-13-23-22-15-25(32-5)24(31-4)14-19(22)9-10-27(23)16-20(21)12-18(2)3/h14-15,18,20-21,23H,6-13,16-17H2,1-5H3/t20-,21+,23-/m1/s1. The molecule has 0 bridgehead atoms. The lowest BCUT2D eigenvalue weighted by Gasteiger charge is -2.47. The van der Waals surface area contributed by atoms with Crippen molar-refractivity contribution in [1.29, 1.82) is 0 Å². The summed E-state index contributed by atoms with van der Waals surface area (Å²) in [4.78, 5) is 14.9. The molecule has 7 nitrogen and oxygen atoms in total. The third-order valence-electron chi connectivity index (χ3n) is 7.28. The largest absolute Gasteiger partial charge is 0.493 e. The number of esters is 1. The first-order valence-electron chi connectivity index (χ1n) is 12.5. The minimum Gasteiger partial charge on any atom is -0.493 e. The number of sulfone groups is 1. The summed E-state index contributed by atoms with van der Waals surface area (Å²) < 4.78 is 40.1. The van der Waals surface area contributed by atoms with Crippen LogP contribution >= 0.6 is 0 Å². The third-order valence-corrected chi connectivity index (χ3v) is 9.07. The van der Waals surface area contributed by atoms with Gasteiger partial charge in [0.2, 0.25) is 0 Å². The second kappa shape index (κ2) is 11.8. The first kappa shape index (κ1) is 26.8. The molecule has 0 aliphatic carbocycles. The molecule has 2 aliphatic heterocycles. The Hall–Kier alpha value is -1.80. The highest BCUT2D eigenvalue weighted by Gasteiger charge is 2.40. The normalized spacial score (nSPS) is 22.7. The Balaban J connectivity index is 1.70. The van der Waals surface area contributed by atoms with Gasteiger partial charge in [-0.25, -0.2) is 8.42 Å². The number of carbonyl (C=O) groups is 1. The lowest BCUT2D eigenvalue weighted by atomic mass is 9.74. The minimum absolute atomic E-state index is 0.0388. The number of rotatable bonds is 11. The van der Waals surface area contributed by atoms with Crippen LogP contribution in [0.5, 0.6) is 11.5 Å². The number of hydrogen-bond acceptors (Lipinski definition) is 7. The maximum atomic E-state index is 12.4. The summed E-state index contributed by atoms with van der Waals surface area (Å²) in [5.41, 5.74) is 2.59. The maximum absolute atomic E-state index is 12.4. The predicted molar refractivity (Wildman–Crippen MR) is 133 cm³/mol. The van der Waals surface area contributed by atoms with Gasteiger partial charge < -0.3 is 14.2 Å². The topological polar surface area (TPSA) is 82.1 Å². The Morgan fingerprint density at radius 2 is 1.85 bits per heavy atom. The quantitative estimate of drug-likeness (QED) is 0.429. The summed E-state index contributed by atoms with van der Waals surface area (Å²) in [6.45, 7) is 8.51. The van der Waals surface area contributed by atoms with Crippen LogP contribution in [0.4, 0.5) is 0 Å². The van der Waals surface area contributed by atoms with E-state index >= 15 is 0 Å². The van der Waals surface area contributed by atoms with E-state index in [1.807, 2.05) is 0 Å². The molecular formula is C26H41NO6S. The lowest BCUT2D eigenvalue weighted by molar-refractivity contribution is -0.146. The zero-order valence-electron chi connectivity index (χ0n) is 21.3. The van der Waals surface area contributed by atoms with Crippen molar-refractivity contribution < 1.29 is 27.4 Å². The number of hydrogen-bond donors (Lipinski definition) is 0. The van der Waals surface area contributed by atoms with Gasteiger partial charge in [-0.1, -0.05) is 20.8 Å². The molecule has 0 aromatic heterocycles. The Bertz CT molecular complexity index is 945. The average molecular weight is 496 g/mol. The summed E-state index contributed by atoms with van der Waals surface area (Å²) in [7, 11) is 0.272. The molecule has 0 amide bonds. The first-order chi connectivity index (χ1) is 16.2. The molecule has 0 unspecified atom stereocenters. The van der Waals surface area contributed by atoms with Crippen LogP contribution in [0.15, 0.2) is 12.1 Å². The van der Waals surface area contributed by atoms with E-state index in [1.165, 1.54) is 11.1 Å². The van der Waals surface area contributed by atoms with E-state index in [-0.39, 0.29) is 35.9 Å². The Morgan fingerprint density at radius 3 is 2.50 bits per heavy atom. The van der Waals surface area contributed by atoms with E-state index in [2.05, 4.69) is 30.9 Å². The van der Waals surface area contributed by atoms with Crippen LogP contribution in [0.25, 0.3) is 0 Å². The van der Waals surface area contributed by atoms with Crippen molar-refractivity contribution in [2.24, 2.45) is 17.8 Å². The molecule has 1 aromatic rings. The van der Waals surface area contributed by atoms with Gasteiger partial charge in [0.1, 0.15) is 9.84 Å². The predicted octanol–water partition coefficient (Wildman–Crippen LogP) is 4.04. The summed E-state index contributed by atoms with van der Waals surface area (Å²) in [6.07, 6.45) is 3.48. The molecule has 0 saturated carbocycles. The van der Waals surface area contributed by atoms with Crippen molar-refractivity contribution in [3.05, 3.63) is 23.3 Å². The minimum atomic E-state index is -3.06. The van der Waals surface area contributed by atoms with E-state index in [1.54, 1.807) is 21.1 Å². The van der Waals surface area contributed by atoms with Crippen LogP contribution < -0.4 is 9.47 Å². The summed E-state index contributed by atoms with van der Waals surface area (Å²) in [5, 5.41) is 0. The number of methoxy groups -OCH3 is 2. The van der Waals surface area contributed by atoms with Crippen LogP contribution in [0.3, 0.4) is 0 Å². The summed E-state index contributed by atoms with van der Waals surface area (Å²) in [6, 6.07) is 4.49. The molecule has 1 aromatic carbocycles. The second-order valence-corrected chi connectivity index (χ2v) is 12.5. The molecular weight excluding hydrogens is 454 g/mol. The van der Waals surface area contributed by atoms with E-state index in [4.69, 9.17) is 14.2 Å². The monoisotopic (exact) mass is 495 g/mol. The van der Waals surface area contributed by atoms with E-state index < -0.39 is 9.84 Å². The molecule has 3 rings (SSSR count). The fraction of sp³-hybridized carbons (Fsp3) is 0.731. The number of carbonyl (C=O) groups excluding carboxylic acids is 1. The van der Waals surface area contributed by atoms with E-state index in [0.29, 0.717) is 24.9 Å². The molecule has 0 radical (unpaired) electrons. The van der Waals surface area contributed by atoms with Gasteiger partial charge in [0.25, 0.3) is 0 Å². The molecule has 34 heavy (non-hydrogen) atoms. The Kier molecular flexibility index (Phi) is 9.27. The van der Waals surface area contributed by atoms with Crippen molar-refractivity contribution >= 4 is 15.8 Å². The molecule has 0 spiro atoms. The van der Waals surface area contributed by atoms with Crippen LogP contribution in [-0.4, -0.2) is 64.7 Å². The summed E-state index contributed by atoms with van der Waals surface area (Å²) >= 11 is 0. The highest BCUT2D eigenvalue weighted by atomic mass is 32.2. The molecule has 3 atom stereocenters. The number of piperidine rings is 1. The van der Waals surface area contributed by atoms with Gasteiger partial charge in [0, 0.05) is 31.3 Å². The van der Waals surface area contributed by atoms with Crippen molar-refractivity contribution in [1.82, 2.24) is 4.90 Å². The smallest absolute Gasteiger partial charge is 0.305 e. The Labute approximate surface area is 205 Å². The van der Waals surface area contributed by atoms with E-state index in [0.717, 1.165) is 43.9 Å². The molecule has 192 valence electrons. The van der Waals surface area contributed by atoms with Crippen molar-refractivity contribution in [2.45, 2.75) is 58.9 Å². The van der Waals surface area contributed by atoms with Crippen molar-refractivity contribution in [2.75, 3.05) is 45.4 Å². The number of ether oxygens (including phenoxy) is 3. The van der Waals surface area contributed by atoms with Crippen LogP contribution in [0.1, 0.15) is 63.6 Å². The Morgan fingerprint density at radius 1 is 1.15 bits per heavy atom. The van der Waals surface area contributed by atoms with Crippen molar-refractivity contribution in [3.8, 4) is 11.5 Å². The van der Waals surface area contributed by atoms with Gasteiger partial charge >= 0.3 is 5.97 Å². The van der Waals surface area contributed by atoms with Gasteiger partial charge in [-0.2, -0.15) is 0 Å². The fourth-order valence-corrected chi connectivity index (χ4v) is 6.31. The second-order valence-electron chi connectivity index (χ2n) is 10.1. The highest BCUT2D eigenvalue weighted by Crippen LogP contribution is 2.45. The van der Waals surface area contributed by atoms with Crippen LogP contribution in [0, 0.1) is 17.8 Å². The first-order valence-corrected chi connectivity index (χ1v) is 14.3. The summed E-state index contributed by atoms with van der Waals surface area (Å²) in [5.74, 6) is 2.66. The van der Waals surface area contributed by atoms with Gasteiger partial charge in [-0.15, -0.1) is 0 Å². The van der Waals surface area contributed by atoms with Crippen LogP contribution in [-0.2, 0) is 25.8 Å². The maximum Gasteiger partial charge on any atom is 0.305 e. The van der Waals surface area contributed by atoms with Crippen LogP contribution in [0.2, 0.25) is 0 Å². The molecule has 8 heteroatoms. The average Bonchev–Trinajstić information content (AvgIpc) is 2.81.